The van der Waals surface area contributed by atoms with Crippen molar-refractivity contribution in [2.45, 2.75) is 6.18 Å². The van der Waals surface area contributed by atoms with Crippen molar-refractivity contribution in [1.29, 1.82) is 0 Å². The summed E-state index contributed by atoms with van der Waals surface area (Å²) in [7, 11) is 0. The molecule has 0 aliphatic rings. The summed E-state index contributed by atoms with van der Waals surface area (Å²) in [5, 5.41) is 0.348. The van der Waals surface area contributed by atoms with Gasteiger partial charge in [-0.25, -0.2) is 15.0 Å². The van der Waals surface area contributed by atoms with Crippen LogP contribution in [0.1, 0.15) is 5.56 Å². The lowest BCUT2D eigenvalue weighted by Gasteiger charge is -2.13. The zero-order chi connectivity index (χ0) is 21.8. The minimum Gasteiger partial charge on any atom is -0.305 e. The Bertz CT molecular complexity index is 1520. The van der Waals surface area contributed by atoms with Crippen molar-refractivity contribution in [3.8, 4) is 22.5 Å². The van der Waals surface area contributed by atoms with Crippen LogP contribution in [0.3, 0.4) is 0 Å². The van der Waals surface area contributed by atoms with Crippen LogP contribution in [0.4, 0.5) is 13.2 Å². The number of aromatic nitrogens is 5. The Hall–Kier alpha value is -3.72. The van der Waals surface area contributed by atoms with Crippen LogP contribution in [0, 0.1) is 0 Å². The van der Waals surface area contributed by atoms with Gasteiger partial charge in [0.1, 0.15) is 5.52 Å². The van der Waals surface area contributed by atoms with Gasteiger partial charge in [0.25, 0.3) is 0 Å². The molecule has 6 nitrogen and oxygen atoms in total. The van der Waals surface area contributed by atoms with Gasteiger partial charge in [-0.05, 0) is 24.3 Å². The molecule has 0 saturated heterocycles. The van der Waals surface area contributed by atoms with E-state index in [4.69, 9.17) is 11.6 Å². The molecule has 0 amide bonds. The highest BCUT2D eigenvalue weighted by atomic mass is 35.5. The maximum absolute atomic E-state index is 13.3. The van der Waals surface area contributed by atoms with Crippen molar-refractivity contribution in [2.24, 2.45) is 0 Å². The number of hydrogen-bond acceptors (Lipinski definition) is 4. The van der Waals surface area contributed by atoms with E-state index in [2.05, 4.69) is 19.9 Å². The van der Waals surface area contributed by atoms with Crippen LogP contribution in [-0.2, 0) is 6.18 Å². The quantitative estimate of drug-likeness (QED) is 0.419. The Morgan fingerprint density at radius 3 is 2.61 bits per heavy atom. The van der Waals surface area contributed by atoms with Gasteiger partial charge in [0.2, 0.25) is 5.56 Å². The van der Waals surface area contributed by atoms with Gasteiger partial charge in [0.15, 0.2) is 11.3 Å². The molecule has 0 aliphatic heterocycles. The Balaban J connectivity index is 1.83. The molecule has 0 atom stereocenters. The predicted molar refractivity (Wildman–Crippen MR) is 110 cm³/mol. The van der Waals surface area contributed by atoms with Crippen LogP contribution < -0.4 is 5.56 Å². The third-order valence-corrected chi connectivity index (χ3v) is 5.01. The van der Waals surface area contributed by atoms with E-state index in [1.165, 1.54) is 24.3 Å². The largest absolute Gasteiger partial charge is 0.416 e. The highest BCUT2D eigenvalue weighted by Crippen LogP contribution is 2.36. The number of halogens is 4. The van der Waals surface area contributed by atoms with Crippen molar-refractivity contribution in [1.82, 2.24) is 24.3 Å². The fourth-order valence-electron chi connectivity index (χ4n) is 3.33. The van der Waals surface area contributed by atoms with E-state index in [0.29, 0.717) is 27.4 Å². The van der Waals surface area contributed by atoms with Gasteiger partial charge in [-0.2, -0.15) is 13.2 Å². The van der Waals surface area contributed by atoms with E-state index >= 15 is 0 Å². The van der Waals surface area contributed by atoms with Crippen LogP contribution in [0.15, 0.2) is 65.8 Å². The maximum atomic E-state index is 13.3. The Morgan fingerprint density at radius 1 is 1.00 bits per heavy atom. The van der Waals surface area contributed by atoms with Crippen LogP contribution in [0.25, 0.3) is 39.3 Å². The smallest absolute Gasteiger partial charge is 0.305 e. The lowest BCUT2D eigenvalue weighted by molar-refractivity contribution is -0.137. The molecule has 0 saturated carbocycles. The number of alkyl halides is 3. The molecule has 31 heavy (non-hydrogen) atoms. The van der Waals surface area contributed by atoms with Crippen molar-refractivity contribution in [3.63, 3.8) is 0 Å². The van der Waals surface area contributed by atoms with E-state index in [1.54, 1.807) is 29.1 Å². The Kier molecular flexibility index (Phi) is 4.30. The molecule has 0 fully saturated rings. The van der Waals surface area contributed by atoms with E-state index in [9.17, 15) is 18.0 Å². The lowest BCUT2D eigenvalue weighted by Crippen LogP contribution is -2.07. The van der Waals surface area contributed by atoms with Gasteiger partial charge in [-0.1, -0.05) is 23.7 Å². The van der Waals surface area contributed by atoms with E-state index in [0.717, 1.165) is 12.1 Å². The number of rotatable bonds is 2. The summed E-state index contributed by atoms with van der Waals surface area (Å²) >= 11 is 6.35. The summed E-state index contributed by atoms with van der Waals surface area (Å²) in [5.74, 6) is 0. The average Bonchev–Trinajstić information content (AvgIpc) is 3.21. The van der Waals surface area contributed by atoms with Crippen LogP contribution in [0.5, 0.6) is 0 Å². The molecule has 4 heterocycles. The summed E-state index contributed by atoms with van der Waals surface area (Å²) in [6.45, 7) is 0. The second kappa shape index (κ2) is 6.92. The number of imidazole rings is 1. The van der Waals surface area contributed by atoms with Crippen molar-refractivity contribution in [2.75, 3.05) is 0 Å². The van der Waals surface area contributed by atoms with Gasteiger partial charge in [0, 0.05) is 35.8 Å². The third kappa shape index (κ3) is 3.42. The molecule has 0 radical (unpaired) electrons. The normalized spacial score (nSPS) is 12.0. The minimum absolute atomic E-state index is 0.165. The second-order valence-corrected chi connectivity index (χ2v) is 7.20. The summed E-state index contributed by atoms with van der Waals surface area (Å²) < 4.78 is 41.6. The molecular formula is C21H11ClF3N5O. The van der Waals surface area contributed by atoms with Crippen molar-refractivity contribution in [3.05, 3.63) is 82.0 Å². The van der Waals surface area contributed by atoms with Gasteiger partial charge in [0.05, 0.1) is 22.0 Å². The van der Waals surface area contributed by atoms with Crippen LogP contribution in [0.2, 0.25) is 5.02 Å². The highest BCUT2D eigenvalue weighted by molar-refractivity contribution is 6.33. The third-order valence-electron chi connectivity index (χ3n) is 4.74. The maximum Gasteiger partial charge on any atom is 0.416 e. The van der Waals surface area contributed by atoms with Gasteiger partial charge >= 0.3 is 6.18 Å². The first kappa shape index (κ1) is 19.3. The number of H-pyrrole nitrogens is 1. The molecular weight excluding hydrogens is 431 g/mol. The van der Waals surface area contributed by atoms with Gasteiger partial charge in [-0.15, -0.1) is 0 Å². The first-order valence-electron chi connectivity index (χ1n) is 9.01. The topological polar surface area (TPSA) is 75.9 Å². The number of fused-ring (bicyclic) bond motifs is 2. The number of hydrogen-bond donors (Lipinski definition) is 1. The van der Waals surface area contributed by atoms with Crippen molar-refractivity contribution >= 4 is 28.4 Å². The highest BCUT2D eigenvalue weighted by Gasteiger charge is 2.31. The SMILES string of the molecule is O=c1ccc2nc(-c3cc(Cl)c4nccn4c3)c(-c3cccc(C(F)(F)F)c3)nc2[nH]1. The molecule has 0 spiro atoms. The second-order valence-electron chi connectivity index (χ2n) is 6.79. The molecule has 154 valence electrons. The minimum atomic E-state index is -4.52. The number of benzene rings is 1. The average molecular weight is 442 g/mol. The van der Waals surface area contributed by atoms with Crippen LogP contribution >= 0.6 is 11.6 Å². The van der Waals surface area contributed by atoms with Crippen molar-refractivity contribution < 1.29 is 13.2 Å². The number of aromatic amines is 1. The molecule has 5 rings (SSSR count). The molecule has 4 aromatic heterocycles. The lowest BCUT2D eigenvalue weighted by atomic mass is 10.0. The molecule has 5 aromatic rings. The zero-order valence-electron chi connectivity index (χ0n) is 15.5. The molecule has 0 bridgehead atoms. The summed E-state index contributed by atoms with van der Waals surface area (Å²) in [4.78, 5) is 27.5. The predicted octanol–water partition coefficient (Wildman–Crippen LogP) is 4.97. The zero-order valence-corrected chi connectivity index (χ0v) is 16.2. The fraction of sp³-hybridized carbons (Fsp3) is 0.0476. The number of pyridine rings is 2. The van der Waals surface area contributed by atoms with Crippen LogP contribution in [-0.4, -0.2) is 24.3 Å². The Labute approximate surface area is 177 Å². The number of nitrogens with zero attached hydrogens (tertiary/aromatic N) is 4. The molecule has 1 aromatic carbocycles. The number of nitrogens with one attached hydrogen (secondary N) is 1. The summed E-state index contributed by atoms with van der Waals surface area (Å²) in [6.07, 6.45) is 0.469. The summed E-state index contributed by atoms with van der Waals surface area (Å²) in [5.41, 5.74) is 1.09. The summed E-state index contributed by atoms with van der Waals surface area (Å²) in [6, 6.07) is 9.21. The van der Waals surface area contributed by atoms with E-state index in [1.807, 2.05) is 0 Å². The molecule has 0 aliphatic carbocycles. The van der Waals surface area contributed by atoms with E-state index in [-0.39, 0.29) is 16.9 Å². The molecule has 1 N–H and O–H groups in total. The first-order valence-corrected chi connectivity index (χ1v) is 9.39. The standard InChI is InChI=1S/C21H11ClF3N5O/c22-14-9-12(10-30-7-6-26-20(14)30)18-17(11-2-1-3-13(8-11)21(23,24)25)29-19-15(27-18)4-5-16(31)28-19/h1-10H,(H,28,29,31). The van der Waals surface area contributed by atoms with E-state index < -0.39 is 17.3 Å². The molecule has 10 heteroatoms. The molecule has 0 unspecified atom stereocenters. The first-order chi connectivity index (χ1) is 14.8. The van der Waals surface area contributed by atoms with Gasteiger partial charge in [-0.3, -0.25) is 4.79 Å². The fourth-order valence-corrected chi connectivity index (χ4v) is 3.60. The van der Waals surface area contributed by atoms with Gasteiger partial charge < -0.3 is 9.38 Å². The Morgan fingerprint density at radius 2 is 1.81 bits per heavy atom. The monoisotopic (exact) mass is 441 g/mol.